The Balaban J connectivity index is 4.18. The van der Waals surface area contributed by atoms with Crippen molar-refractivity contribution in [3.63, 3.8) is 0 Å². The molecule has 0 saturated heterocycles. The third-order valence-electron chi connectivity index (χ3n) is 1.70. The van der Waals surface area contributed by atoms with Gasteiger partial charge in [-0.05, 0) is 27.2 Å². The number of nitrogens with one attached hydrogen (secondary N) is 1. The van der Waals surface area contributed by atoms with Gasteiger partial charge in [0, 0.05) is 0 Å². The average Bonchev–Trinajstić information content (AvgIpc) is 2.07. The van der Waals surface area contributed by atoms with Crippen molar-refractivity contribution < 1.29 is 22.1 Å². The highest BCUT2D eigenvalue weighted by molar-refractivity contribution is 7.85. The summed E-state index contributed by atoms with van der Waals surface area (Å²) in [6.45, 7) is 6.98. The predicted molar refractivity (Wildman–Crippen MR) is 64.2 cm³/mol. The highest BCUT2D eigenvalue weighted by Gasteiger charge is 2.19. The first-order valence-corrected chi connectivity index (χ1v) is 7.19. The largest absolute Gasteiger partial charge is 0.444 e. The van der Waals surface area contributed by atoms with Crippen molar-refractivity contribution in [2.24, 2.45) is 0 Å². The van der Waals surface area contributed by atoms with Gasteiger partial charge in [-0.2, -0.15) is 8.42 Å². The van der Waals surface area contributed by atoms with Crippen LogP contribution in [0.1, 0.15) is 34.1 Å². The van der Waals surface area contributed by atoms with Gasteiger partial charge in [0.15, 0.2) is 0 Å². The van der Waals surface area contributed by atoms with Crippen molar-refractivity contribution in [3.8, 4) is 0 Å². The lowest BCUT2D eigenvalue weighted by atomic mass is 10.2. The minimum absolute atomic E-state index is 0.0887. The third kappa shape index (κ3) is 10.1. The molecule has 17 heavy (non-hydrogen) atoms. The second-order valence-corrected chi connectivity index (χ2v) is 6.38. The van der Waals surface area contributed by atoms with Crippen LogP contribution in [0.3, 0.4) is 0 Å². The molecular weight excluding hydrogens is 246 g/mol. The molecule has 1 N–H and O–H groups in total. The molecule has 0 aliphatic heterocycles. The van der Waals surface area contributed by atoms with Crippen molar-refractivity contribution in [2.45, 2.75) is 45.8 Å². The molecule has 0 bridgehead atoms. The molecular formula is C10H21NO5S. The highest BCUT2D eigenvalue weighted by atomic mass is 32.2. The maximum absolute atomic E-state index is 11.4. The van der Waals surface area contributed by atoms with Gasteiger partial charge in [-0.3, -0.25) is 4.18 Å². The second kappa shape index (κ2) is 6.20. The highest BCUT2D eigenvalue weighted by Crippen LogP contribution is 2.07. The normalized spacial score (nSPS) is 14.2. The van der Waals surface area contributed by atoms with E-state index in [1.54, 1.807) is 20.8 Å². The molecule has 0 saturated carbocycles. The number of ether oxygens (including phenoxy) is 1. The summed E-state index contributed by atoms with van der Waals surface area (Å²) in [4.78, 5) is 11.4. The monoisotopic (exact) mass is 267 g/mol. The smallest absolute Gasteiger partial charge is 0.407 e. The Morgan fingerprint density at radius 2 is 1.88 bits per heavy atom. The molecule has 0 aliphatic carbocycles. The van der Waals surface area contributed by atoms with Crippen LogP contribution in [0.5, 0.6) is 0 Å². The van der Waals surface area contributed by atoms with Crippen LogP contribution < -0.4 is 5.32 Å². The van der Waals surface area contributed by atoms with E-state index in [0.29, 0.717) is 6.42 Å². The Hall–Kier alpha value is -0.820. The first-order valence-electron chi connectivity index (χ1n) is 5.37. The summed E-state index contributed by atoms with van der Waals surface area (Å²) in [6.07, 6.45) is 0.934. The predicted octanol–water partition coefficient (Wildman–Crippen LogP) is 1.27. The summed E-state index contributed by atoms with van der Waals surface area (Å²) in [7, 11) is -3.49. The molecule has 1 unspecified atom stereocenters. The molecule has 0 aromatic rings. The van der Waals surface area contributed by atoms with Gasteiger partial charge in [0.2, 0.25) is 0 Å². The molecule has 0 aromatic carbocycles. The van der Waals surface area contributed by atoms with E-state index < -0.39 is 21.8 Å². The van der Waals surface area contributed by atoms with Gasteiger partial charge in [0.1, 0.15) is 5.60 Å². The number of rotatable bonds is 5. The Morgan fingerprint density at radius 3 is 2.24 bits per heavy atom. The van der Waals surface area contributed by atoms with Crippen LogP contribution in [0.15, 0.2) is 0 Å². The Labute approximate surface area is 103 Å². The van der Waals surface area contributed by atoms with E-state index in [1.165, 1.54) is 0 Å². The molecule has 0 aromatic heterocycles. The summed E-state index contributed by atoms with van der Waals surface area (Å²) in [5.41, 5.74) is -0.583. The van der Waals surface area contributed by atoms with Crippen LogP contribution in [-0.2, 0) is 19.0 Å². The zero-order valence-electron chi connectivity index (χ0n) is 10.9. The summed E-state index contributed by atoms with van der Waals surface area (Å²) >= 11 is 0. The van der Waals surface area contributed by atoms with E-state index in [4.69, 9.17) is 4.74 Å². The summed E-state index contributed by atoms with van der Waals surface area (Å²) in [6, 6.07) is -0.389. The van der Waals surface area contributed by atoms with Crippen LogP contribution in [-0.4, -0.2) is 39.0 Å². The maximum atomic E-state index is 11.4. The zero-order valence-corrected chi connectivity index (χ0v) is 11.8. The number of amides is 1. The zero-order chi connectivity index (χ0) is 13.7. The van der Waals surface area contributed by atoms with Crippen molar-refractivity contribution in [2.75, 3.05) is 12.9 Å². The quantitative estimate of drug-likeness (QED) is 0.758. The van der Waals surface area contributed by atoms with E-state index in [9.17, 15) is 13.2 Å². The summed E-state index contributed by atoms with van der Waals surface area (Å²) in [5.74, 6) is 0. The van der Waals surface area contributed by atoms with Crippen LogP contribution in [0, 0.1) is 0 Å². The van der Waals surface area contributed by atoms with Crippen LogP contribution in [0.2, 0.25) is 0 Å². The average molecular weight is 267 g/mol. The molecule has 0 spiro atoms. The lowest BCUT2D eigenvalue weighted by Crippen LogP contribution is -2.41. The van der Waals surface area contributed by atoms with Gasteiger partial charge < -0.3 is 10.1 Å². The summed E-state index contributed by atoms with van der Waals surface area (Å²) < 4.78 is 31.3. The number of hydrogen-bond acceptors (Lipinski definition) is 5. The van der Waals surface area contributed by atoms with Crippen molar-refractivity contribution in [3.05, 3.63) is 0 Å². The molecule has 0 heterocycles. The standard InChI is InChI=1S/C10H21NO5S/c1-6-8(7-15-17(5,13)14)11-9(12)16-10(2,3)4/h8H,6-7H2,1-5H3,(H,11,12). The van der Waals surface area contributed by atoms with Gasteiger partial charge in [0.25, 0.3) is 10.1 Å². The molecule has 6 nitrogen and oxygen atoms in total. The van der Waals surface area contributed by atoms with Gasteiger partial charge in [-0.15, -0.1) is 0 Å². The topological polar surface area (TPSA) is 81.7 Å². The fourth-order valence-corrected chi connectivity index (χ4v) is 1.35. The van der Waals surface area contributed by atoms with Crippen LogP contribution in [0.4, 0.5) is 4.79 Å². The number of carbonyl (C=O) groups is 1. The Bertz CT molecular complexity index is 344. The van der Waals surface area contributed by atoms with Crippen molar-refractivity contribution >= 4 is 16.2 Å². The molecule has 7 heteroatoms. The second-order valence-electron chi connectivity index (χ2n) is 4.74. The number of carbonyl (C=O) groups excluding carboxylic acids is 1. The molecule has 0 radical (unpaired) electrons. The Morgan fingerprint density at radius 1 is 1.35 bits per heavy atom. The first-order chi connectivity index (χ1) is 7.53. The van der Waals surface area contributed by atoms with Gasteiger partial charge in [-0.25, -0.2) is 4.79 Å². The van der Waals surface area contributed by atoms with E-state index in [2.05, 4.69) is 9.50 Å². The van der Waals surface area contributed by atoms with Gasteiger partial charge >= 0.3 is 6.09 Å². The minimum atomic E-state index is -3.49. The Kier molecular flexibility index (Phi) is 5.91. The molecule has 102 valence electrons. The van der Waals surface area contributed by atoms with Gasteiger partial charge in [-0.1, -0.05) is 6.92 Å². The minimum Gasteiger partial charge on any atom is -0.444 e. The van der Waals surface area contributed by atoms with E-state index in [-0.39, 0.29) is 12.6 Å². The van der Waals surface area contributed by atoms with Crippen molar-refractivity contribution in [1.82, 2.24) is 5.32 Å². The van der Waals surface area contributed by atoms with E-state index in [0.717, 1.165) is 6.26 Å². The van der Waals surface area contributed by atoms with E-state index >= 15 is 0 Å². The number of alkyl carbamates (subject to hydrolysis) is 1. The fraction of sp³-hybridized carbons (Fsp3) is 0.900. The van der Waals surface area contributed by atoms with Gasteiger partial charge in [0.05, 0.1) is 18.9 Å². The molecule has 1 atom stereocenters. The fourth-order valence-electron chi connectivity index (χ4n) is 0.942. The maximum Gasteiger partial charge on any atom is 0.407 e. The molecule has 1 amide bonds. The molecule has 0 fully saturated rings. The number of hydrogen-bond donors (Lipinski definition) is 1. The lowest BCUT2D eigenvalue weighted by Gasteiger charge is -2.22. The third-order valence-corrected chi connectivity index (χ3v) is 2.26. The van der Waals surface area contributed by atoms with E-state index in [1.807, 2.05) is 6.92 Å². The summed E-state index contributed by atoms with van der Waals surface area (Å²) in [5, 5.41) is 2.55. The lowest BCUT2D eigenvalue weighted by molar-refractivity contribution is 0.0487. The van der Waals surface area contributed by atoms with Crippen molar-refractivity contribution in [1.29, 1.82) is 0 Å². The van der Waals surface area contributed by atoms with Crippen LogP contribution in [0.25, 0.3) is 0 Å². The van der Waals surface area contributed by atoms with Crippen LogP contribution >= 0.6 is 0 Å². The molecule has 0 rings (SSSR count). The molecule has 0 aliphatic rings. The first kappa shape index (κ1) is 16.2. The SMILES string of the molecule is CCC(COS(C)(=O)=O)NC(=O)OC(C)(C)C.